The Bertz CT molecular complexity index is 637. The highest BCUT2D eigenvalue weighted by Gasteiger charge is 2.30. The minimum atomic E-state index is -3.58. The molecule has 1 saturated heterocycles. The Kier molecular flexibility index (Phi) is 4.60. The Labute approximate surface area is 124 Å². The lowest BCUT2D eigenvalue weighted by atomic mass is 10.1. The number of non-ortho nitro benzene ring substituents is 1. The van der Waals surface area contributed by atoms with Crippen molar-refractivity contribution < 1.29 is 13.3 Å². The second kappa shape index (κ2) is 6.08. The molecule has 8 heteroatoms. The first kappa shape index (κ1) is 15.9. The average molecular weight is 313 g/mol. The Hall–Kier alpha value is -1.51. The minimum absolute atomic E-state index is 0.0969. The molecule has 1 N–H and O–H groups in total. The number of sulfonamides is 1. The highest BCUT2D eigenvalue weighted by molar-refractivity contribution is 7.89. The summed E-state index contributed by atoms with van der Waals surface area (Å²) in [5, 5.41) is 13.9. The van der Waals surface area contributed by atoms with Gasteiger partial charge >= 0.3 is 0 Å². The highest BCUT2D eigenvalue weighted by Crippen LogP contribution is 2.26. The summed E-state index contributed by atoms with van der Waals surface area (Å²) >= 11 is 0. The Balaban J connectivity index is 2.26. The molecule has 1 aliphatic rings. The molecular weight excluding hydrogens is 294 g/mol. The van der Waals surface area contributed by atoms with E-state index in [9.17, 15) is 18.5 Å². The van der Waals surface area contributed by atoms with Crippen molar-refractivity contribution in [2.24, 2.45) is 0 Å². The molecule has 0 amide bonds. The number of nitro benzene ring substituents is 1. The third kappa shape index (κ3) is 3.22. The standard InChI is InChI=1S/C13H19N3O4S/c1-10-9-12(16(17)18)3-4-13(10)21(19,20)15-7-5-11(14-2)6-8-15/h3-4,9,11,14H,5-8H2,1-2H3. The highest BCUT2D eigenvalue weighted by atomic mass is 32.2. The Morgan fingerprint density at radius 1 is 1.33 bits per heavy atom. The Morgan fingerprint density at radius 2 is 1.95 bits per heavy atom. The van der Waals surface area contributed by atoms with Gasteiger partial charge in [0.05, 0.1) is 9.82 Å². The number of hydrogen-bond donors (Lipinski definition) is 1. The zero-order valence-corrected chi connectivity index (χ0v) is 12.9. The molecule has 0 unspecified atom stereocenters. The molecule has 1 aliphatic heterocycles. The van der Waals surface area contributed by atoms with Crippen LogP contribution in [0.1, 0.15) is 18.4 Å². The molecule has 0 atom stereocenters. The molecule has 0 aliphatic carbocycles. The van der Waals surface area contributed by atoms with E-state index in [2.05, 4.69) is 5.32 Å². The summed E-state index contributed by atoms with van der Waals surface area (Å²) in [5.74, 6) is 0. The van der Waals surface area contributed by atoms with Gasteiger partial charge in [-0.25, -0.2) is 8.42 Å². The van der Waals surface area contributed by atoms with Gasteiger partial charge in [-0.3, -0.25) is 10.1 Å². The molecule has 7 nitrogen and oxygen atoms in total. The van der Waals surface area contributed by atoms with Crippen molar-refractivity contribution in [3.63, 3.8) is 0 Å². The lowest BCUT2D eigenvalue weighted by molar-refractivity contribution is -0.385. The molecule has 0 aromatic heterocycles. The van der Waals surface area contributed by atoms with E-state index < -0.39 is 14.9 Å². The average Bonchev–Trinajstić information content (AvgIpc) is 2.46. The van der Waals surface area contributed by atoms with Crippen LogP contribution in [-0.4, -0.2) is 43.8 Å². The first-order valence-electron chi connectivity index (χ1n) is 6.78. The van der Waals surface area contributed by atoms with Crippen LogP contribution in [0.5, 0.6) is 0 Å². The summed E-state index contributed by atoms with van der Waals surface area (Å²) in [6.45, 7) is 2.51. The molecule has 21 heavy (non-hydrogen) atoms. The van der Waals surface area contributed by atoms with Gasteiger partial charge in [0.2, 0.25) is 10.0 Å². The van der Waals surface area contributed by atoms with E-state index in [1.165, 1.54) is 22.5 Å². The van der Waals surface area contributed by atoms with Crippen LogP contribution in [-0.2, 0) is 10.0 Å². The number of nitrogens with one attached hydrogen (secondary N) is 1. The number of hydrogen-bond acceptors (Lipinski definition) is 5. The van der Waals surface area contributed by atoms with Gasteiger partial charge in [0.15, 0.2) is 0 Å². The van der Waals surface area contributed by atoms with Gasteiger partial charge in [0, 0.05) is 31.3 Å². The van der Waals surface area contributed by atoms with Crippen molar-refractivity contribution in [3.05, 3.63) is 33.9 Å². The molecule has 1 aromatic rings. The van der Waals surface area contributed by atoms with Gasteiger partial charge in [0.25, 0.3) is 5.69 Å². The predicted octanol–water partition coefficient (Wildman–Crippen LogP) is 1.28. The summed E-state index contributed by atoms with van der Waals surface area (Å²) in [4.78, 5) is 10.3. The maximum Gasteiger partial charge on any atom is 0.269 e. The second-order valence-electron chi connectivity index (χ2n) is 5.17. The van der Waals surface area contributed by atoms with Crippen LogP contribution in [0, 0.1) is 17.0 Å². The zero-order valence-electron chi connectivity index (χ0n) is 12.1. The molecule has 0 spiro atoms. The second-order valence-corrected chi connectivity index (χ2v) is 7.08. The van der Waals surface area contributed by atoms with E-state index in [1.807, 2.05) is 7.05 Å². The van der Waals surface area contributed by atoms with E-state index in [-0.39, 0.29) is 10.6 Å². The topological polar surface area (TPSA) is 92.6 Å². The van der Waals surface area contributed by atoms with Crippen molar-refractivity contribution in [2.75, 3.05) is 20.1 Å². The number of aryl methyl sites for hydroxylation is 1. The van der Waals surface area contributed by atoms with Crippen molar-refractivity contribution in [1.29, 1.82) is 0 Å². The molecule has 0 saturated carbocycles. The van der Waals surface area contributed by atoms with Crippen LogP contribution in [0.15, 0.2) is 23.1 Å². The van der Waals surface area contributed by atoms with Gasteiger partial charge < -0.3 is 5.32 Å². The van der Waals surface area contributed by atoms with E-state index >= 15 is 0 Å². The van der Waals surface area contributed by atoms with Crippen LogP contribution in [0.2, 0.25) is 0 Å². The summed E-state index contributed by atoms with van der Waals surface area (Å²) < 4.78 is 26.7. The maximum absolute atomic E-state index is 12.6. The van der Waals surface area contributed by atoms with Crippen LogP contribution >= 0.6 is 0 Å². The van der Waals surface area contributed by atoms with Gasteiger partial charge in [-0.2, -0.15) is 4.31 Å². The lowest BCUT2D eigenvalue weighted by Crippen LogP contribution is -2.44. The van der Waals surface area contributed by atoms with Crippen LogP contribution in [0.3, 0.4) is 0 Å². The fourth-order valence-electron chi connectivity index (χ4n) is 2.56. The summed E-state index contributed by atoms with van der Waals surface area (Å²) in [6, 6.07) is 4.20. The van der Waals surface area contributed by atoms with E-state index in [0.29, 0.717) is 24.7 Å². The molecular formula is C13H19N3O4S. The van der Waals surface area contributed by atoms with Gasteiger partial charge in [-0.05, 0) is 38.4 Å². The molecule has 1 aromatic carbocycles. The molecule has 0 radical (unpaired) electrons. The monoisotopic (exact) mass is 313 g/mol. The van der Waals surface area contributed by atoms with Gasteiger partial charge in [-0.1, -0.05) is 0 Å². The first-order valence-corrected chi connectivity index (χ1v) is 8.22. The first-order chi connectivity index (χ1) is 9.86. The quantitative estimate of drug-likeness (QED) is 0.667. The number of benzene rings is 1. The van der Waals surface area contributed by atoms with Crippen LogP contribution in [0.4, 0.5) is 5.69 Å². The van der Waals surface area contributed by atoms with Gasteiger partial charge in [0.1, 0.15) is 0 Å². The fourth-order valence-corrected chi connectivity index (χ4v) is 4.24. The van der Waals surface area contributed by atoms with Crippen LogP contribution < -0.4 is 5.32 Å². The molecule has 116 valence electrons. The SMILES string of the molecule is CNC1CCN(S(=O)(=O)c2ccc([N+](=O)[O-])cc2C)CC1. The fraction of sp³-hybridized carbons (Fsp3) is 0.538. The van der Waals surface area contributed by atoms with Crippen LogP contribution in [0.25, 0.3) is 0 Å². The number of nitrogens with zero attached hydrogens (tertiary/aromatic N) is 2. The van der Waals surface area contributed by atoms with Gasteiger partial charge in [-0.15, -0.1) is 0 Å². The van der Waals surface area contributed by atoms with E-state index in [0.717, 1.165) is 12.8 Å². The zero-order chi connectivity index (χ0) is 15.6. The maximum atomic E-state index is 12.6. The predicted molar refractivity (Wildman–Crippen MR) is 78.7 cm³/mol. The molecule has 1 heterocycles. The van der Waals surface area contributed by atoms with Crippen molar-refractivity contribution in [2.45, 2.75) is 30.7 Å². The molecule has 0 bridgehead atoms. The lowest BCUT2D eigenvalue weighted by Gasteiger charge is -2.31. The van der Waals surface area contributed by atoms with Crippen molar-refractivity contribution >= 4 is 15.7 Å². The molecule has 2 rings (SSSR count). The van der Waals surface area contributed by atoms with Crippen molar-refractivity contribution in [3.8, 4) is 0 Å². The third-order valence-corrected chi connectivity index (χ3v) is 5.91. The number of piperidine rings is 1. The largest absolute Gasteiger partial charge is 0.317 e. The summed E-state index contributed by atoms with van der Waals surface area (Å²) in [7, 11) is -1.71. The number of rotatable bonds is 4. The summed E-state index contributed by atoms with van der Waals surface area (Å²) in [6.07, 6.45) is 1.53. The smallest absolute Gasteiger partial charge is 0.269 e. The van der Waals surface area contributed by atoms with E-state index in [4.69, 9.17) is 0 Å². The third-order valence-electron chi connectivity index (χ3n) is 3.85. The van der Waals surface area contributed by atoms with Crippen molar-refractivity contribution in [1.82, 2.24) is 9.62 Å². The molecule has 1 fully saturated rings. The minimum Gasteiger partial charge on any atom is -0.317 e. The Morgan fingerprint density at radius 3 is 2.43 bits per heavy atom. The number of nitro groups is 1. The normalized spacial score (nSPS) is 17.8. The van der Waals surface area contributed by atoms with E-state index in [1.54, 1.807) is 6.92 Å². The summed E-state index contributed by atoms with van der Waals surface area (Å²) in [5.41, 5.74) is 0.306.